The first-order chi connectivity index (χ1) is 11.1. The predicted molar refractivity (Wildman–Crippen MR) is 84.9 cm³/mol. The van der Waals surface area contributed by atoms with Crippen molar-refractivity contribution in [3.63, 3.8) is 0 Å². The van der Waals surface area contributed by atoms with Crippen molar-refractivity contribution in [2.45, 2.75) is 5.92 Å². The second-order valence-electron chi connectivity index (χ2n) is 5.15. The molecule has 0 saturated heterocycles. The van der Waals surface area contributed by atoms with Crippen LogP contribution in [0.4, 0.5) is 11.5 Å². The van der Waals surface area contributed by atoms with Crippen LogP contribution in [0.15, 0.2) is 40.1 Å². The molecule has 0 unspecified atom stereocenters. The van der Waals surface area contributed by atoms with Crippen LogP contribution in [0.3, 0.4) is 0 Å². The first-order valence-electron chi connectivity index (χ1n) is 6.82. The summed E-state index contributed by atoms with van der Waals surface area (Å²) in [5.41, 5.74) is 12.5. The van der Waals surface area contributed by atoms with Gasteiger partial charge in [0.1, 0.15) is 29.2 Å². The third-order valence-electron chi connectivity index (χ3n) is 3.87. The number of aromatic amines is 1. The summed E-state index contributed by atoms with van der Waals surface area (Å²) >= 11 is 0. The molecule has 7 heteroatoms. The molecule has 1 aliphatic heterocycles. The summed E-state index contributed by atoms with van der Waals surface area (Å²) in [4.78, 5) is 18.5. The minimum atomic E-state index is -0.732. The van der Waals surface area contributed by atoms with Crippen LogP contribution in [0.2, 0.25) is 0 Å². The molecule has 112 valence electrons. The van der Waals surface area contributed by atoms with Crippen molar-refractivity contribution in [1.82, 2.24) is 4.98 Å². The van der Waals surface area contributed by atoms with Gasteiger partial charge in [-0.2, -0.15) is 10.5 Å². The molecule has 0 fully saturated rings. The fraction of sp³-hybridized carbons (Fsp3) is 0.125. The first kappa shape index (κ1) is 14.4. The molecule has 0 radical (unpaired) electrons. The molecule has 0 spiro atoms. The summed E-state index contributed by atoms with van der Waals surface area (Å²) in [6.45, 7) is 0. The number of aliphatic imine (C=N–C) groups is 1. The Labute approximate surface area is 131 Å². The molecule has 23 heavy (non-hydrogen) atoms. The average Bonchev–Trinajstić information content (AvgIpc) is 2.54. The number of anilines is 1. The number of aromatic nitrogens is 1. The second-order valence-corrected chi connectivity index (χ2v) is 5.15. The molecule has 1 aromatic heterocycles. The zero-order valence-corrected chi connectivity index (χ0v) is 11.9. The highest BCUT2D eigenvalue weighted by molar-refractivity contribution is 5.93. The number of nitrogens with two attached hydrogens (primary N) is 2. The normalized spacial score (nSPS) is 19.1. The van der Waals surface area contributed by atoms with E-state index in [1.807, 2.05) is 36.4 Å². The number of hydrogen-bond acceptors (Lipinski definition) is 6. The number of amidine groups is 1. The van der Waals surface area contributed by atoms with Gasteiger partial charge in [-0.25, -0.2) is 4.99 Å². The Kier molecular flexibility index (Phi) is 3.32. The van der Waals surface area contributed by atoms with Crippen molar-refractivity contribution >= 4 is 17.3 Å². The number of nitrogens with zero attached hydrogens (tertiary/aromatic N) is 3. The van der Waals surface area contributed by atoms with Gasteiger partial charge in [-0.15, -0.1) is 0 Å². The standard InChI is InChI=1S/C16H12N6O/c17-6-9-11(8-4-2-1-3-5-8)12-13(21-14(9)19)10(7-18)16(23)22-15(12)20/h1-5,9,11H,(H2,19,21)(H3,20,22,23)/t9-,11+/m0/s1. The molecule has 2 atom stereocenters. The number of benzene rings is 1. The number of hydrogen-bond donors (Lipinski definition) is 3. The fourth-order valence-electron chi connectivity index (χ4n) is 2.85. The molecular formula is C16H12N6O. The van der Waals surface area contributed by atoms with Gasteiger partial charge in [-0.3, -0.25) is 4.79 Å². The topological polar surface area (TPSA) is 145 Å². The quantitative estimate of drug-likeness (QED) is 0.722. The van der Waals surface area contributed by atoms with E-state index in [1.165, 1.54) is 0 Å². The highest BCUT2D eigenvalue weighted by Gasteiger charge is 2.37. The van der Waals surface area contributed by atoms with Crippen LogP contribution < -0.4 is 17.0 Å². The van der Waals surface area contributed by atoms with Crippen LogP contribution in [-0.2, 0) is 0 Å². The molecule has 0 bridgehead atoms. The summed E-state index contributed by atoms with van der Waals surface area (Å²) in [5.74, 6) is -1.08. The van der Waals surface area contributed by atoms with Gasteiger partial charge in [0.25, 0.3) is 5.56 Å². The second kappa shape index (κ2) is 5.32. The van der Waals surface area contributed by atoms with E-state index in [4.69, 9.17) is 11.5 Å². The van der Waals surface area contributed by atoms with Gasteiger partial charge in [-0.1, -0.05) is 30.3 Å². The van der Waals surface area contributed by atoms with Crippen molar-refractivity contribution in [3.8, 4) is 12.1 Å². The summed E-state index contributed by atoms with van der Waals surface area (Å²) in [6, 6.07) is 13.2. The van der Waals surface area contributed by atoms with Gasteiger partial charge < -0.3 is 16.5 Å². The monoisotopic (exact) mass is 304 g/mol. The highest BCUT2D eigenvalue weighted by Crippen LogP contribution is 2.44. The number of nitrogens with one attached hydrogen (secondary N) is 1. The summed E-state index contributed by atoms with van der Waals surface area (Å²) in [7, 11) is 0. The molecule has 7 nitrogen and oxygen atoms in total. The molecule has 1 aliphatic rings. The molecule has 3 rings (SSSR count). The van der Waals surface area contributed by atoms with Gasteiger partial charge in [0.05, 0.1) is 11.8 Å². The molecule has 5 N–H and O–H groups in total. The molecular weight excluding hydrogens is 292 g/mol. The van der Waals surface area contributed by atoms with Crippen molar-refractivity contribution < 1.29 is 0 Å². The van der Waals surface area contributed by atoms with E-state index in [0.29, 0.717) is 5.56 Å². The van der Waals surface area contributed by atoms with E-state index in [9.17, 15) is 15.3 Å². The predicted octanol–water partition coefficient (Wildman–Crippen LogP) is 1.10. The lowest BCUT2D eigenvalue weighted by Gasteiger charge is -2.29. The molecule has 2 heterocycles. The van der Waals surface area contributed by atoms with Crippen LogP contribution >= 0.6 is 0 Å². The third-order valence-corrected chi connectivity index (χ3v) is 3.87. The van der Waals surface area contributed by atoms with E-state index >= 15 is 0 Å². The summed E-state index contributed by atoms with van der Waals surface area (Å²) in [5, 5.41) is 18.7. The highest BCUT2D eigenvalue weighted by atomic mass is 16.1. The fourth-order valence-corrected chi connectivity index (χ4v) is 2.85. The molecule has 1 aromatic carbocycles. The minimum absolute atomic E-state index is 0.0651. The largest absolute Gasteiger partial charge is 0.386 e. The van der Waals surface area contributed by atoms with Crippen molar-refractivity contribution in [2.24, 2.45) is 16.6 Å². The van der Waals surface area contributed by atoms with Crippen molar-refractivity contribution in [1.29, 1.82) is 10.5 Å². The summed E-state index contributed by atoms with van der Waals surface area (Å²) < 4.78 is 0. The van der Waals surface area contributed by atoms with Gasteiger partial charge in [0, 0.05) is 11.5 Å². The zero-order valence-electron chi connectivity index (χ0n) is 11.9. The van der Waals surface area contributed by atoms with Crippen LogP contribution in [0.1, 0.15) is 22.6 Å². The van der Waals surface area contributed by atoms with Gasteiger partial charge in [0.15, 0.2) is 0 Å². The molecule has 2 aromatic rings. The number of nitrogen functional groups attached to an aromatic ring is 1. The number of rotatable bonds is 1. The van der Waals surface area contributed by atoms with E-state index in [1.54, 1.807) is 0 Å². The lowest BCUT2D eigenvalue weighted by Crippen LogP contribution is -2.33. The van der Waals surface area contributed by atoms with E-state index in [0.717, 1.165) is 5.56 Å². The Balaban J connectivity index is 2.40. The number of H-pyrrole nitrogens is 1. The number of pyridine rings is 1. The zero-order chi connectivity index (χ0) is 16.6. The summed E-state index contributed by atoms with van der Waals surface area (Å²) in [6.07, 6.45) is 0. The minimum Gasteiger partial charge on any atom is -0.386 e. The Morgan fingerprint density at radius 3 is 2.48 bits per heavy atom. The molecule has 0 amide bonds. The third kappa shape index (κ3) is 2.12. The molecule has 0 saturated carbocycles. The molecule has 0 aliphatic carbocycles. The van der Waals surface area contributed by atoms with Gasteiger partial charge >= 0.3 is 0 Å². The Morgan fingerprint density at radius 2 is 1.87 bits per heavy atom. The van der Waals surface area contributed by atoms with Crippen LogP contribution in [0.5, 0.6) is 0 Å². The lowest BCUT2D eigenvalue weighted by molar-refractivity contribution is 0.710. The van der Waals surface area contributed by atoms with Crippen molar-refractivity contribution in [3.05, 3.63) is 57.4 Å². The van der Waals surface area contributed by atoms with E-state index < -0.39 is 17.4 Å². The Morgan fingerprint density at radius 1 is 1.17 bits per heavy atom. The number of fused-ring (bicyclic) bond motifs is 1. The number of nitriles is 2. The maximum absolute atomic E-state index is 11.9. The van der Waals surface area contributed by atoms with Crippen LogP contribution in [0, 0.1) is 28.6 Å². The SMILES string of the molecule is N#Cc1c2c(c(N)[nH]c1=O)[C@H](c1ccccc1)[C@H](C#N)C(N)=N2. The van der Waals surface area contributed by atoms with E-state index in [2.05, 4.69) is 16.0 Å². The van der Waals surface area contributed by atoms with Crippen LogP contribution in [-0.4, -0.2) is 10.8 Å². The smallest absolute Gasteiger partial charge is 0.269 e. The lowest BCUT2D eigenvalue weighted by atomic mass is 9.78. The Hall–Kier alpha value is -3.58. The Bertz CT molecular complexity index is 946. The van der Waals surface area contributed by atoms with E-state index in [-0.39, 0.29) is 22.9 Å². The van der Waals surface area contributed by atoms with Gasteiger partial charge in [0.2, 0.25) is 0 Å². The maximum atomic E-state index is 11.9. The average molecular weight is 304 g/mol. The maximum Gasteiger partial charge on any atom is 0.269 e. The van der Waals surface area contributed by atoms with Crippen LogP contribution in [0.25, 0.3) is 0 Å². The first-order valence-corrected chi connectivity index (χ1v) is 6.82. The van der Waals surface area contributed by atoms with Gasteiger partial charge in [-0.05, 0) is 5.56 Å². The van der Waals surface area contributed by atoms with Crippen molar-refractivity contribution in [2.75, 3.05) is 5.73 Å².